The summed E-state index contributed by atoms with van der Waals surface area (Å²) in [5.41, 5.74) is 1.57. The second kappa shape index (κ2) is 7.77. The molecule has 0 aliphatic rings. The third kappa shape index (κ3) is 6.03. The SMILES string of the molecule is COP(C)(=O)CCc1ccc(C(=O)OC(C)C(C)C)cc1. The van der Waals surface area contributed by atoms with Gasteiger partial charge in [-0.3, -0.25) is 4.57 Å². The van der Waals surface area contributed by atoms with Crippen molar-refractivity contribution in [3.05, 3.63) is 35.4 Å². The molecule has 4 nitrogen and oxygen atoms in total. The summed E-state index contributed by atoms with van der Waals surface area (Å²) >= 11 is 0. The van der Waals surface area contributed by atoms with Gasteiger partial charge < -0.3 is 9.26 Å². The van der Waals surface area contributed by atoms with E-state index in [0.717, 1.165) is 5.56 Å². The maximum Gasteiger partial charge on any atom is 0.338 e. The lowest BCUT2D eigenvalue weighted by Gasteiger charge is -2.16. The van der Waals surface area contributed by atoms with Gasteiger partial charge >= 0.3 is 5.97 Å². The fourth-order valence-corrected chi connectivity index (χ4v) is 2.45. The van der Waals surface area contributed by atoms with E-state index in [1.54, 1.807) is 18.8 Å². The maximum absolute atomic E-state index is 11.9. The number of carbonyl (C=O) groups excluding carboxylic acids is 1. The van der Waals surface area contributed by atoms with Crippen LogP contribution in [0.25, 0.3) is 0 Å². The molecule has 0 heterocycles. The normalized spacial score (nSPS) is 15.5. The fourth-order valence-electron chi connectivity index (χ4n) is 1.60. The number of benzene rings is 1. The van der Waals surface area contributed by atoms with Crippen molar-refractivity contribution in [1.82, 2.24) is 0 Å². The lowest BCUT2D eigenvalue weighted by Crippen LogP contribution is -2.20. The summed E-state index contributed by atoms with van der Waals surface area (Å²) in [7, 11) is -1.02. The third-order valence-corrected chi connectivity index (χ3v) is 5.42. The Morgan fingerprint density at radius 1 is 1.19 bits per heavy atom. The Morgan fingerprint density at radius 3 is 2.24 bits per heavy atom. The van der Waals surface area contributed by atoms with E-state index in [9.17, 15) is 9.36 Å². The average Bonchev–Trinajstić information content (AvgIpc) is 2.45. The smallest absolute Gasteiger partial charge is 0.338 e. The first-order chi connectivity index (χ1) is 9.75. The molecule has 0 spiro atoms. The molecule has 1 aromatic carbocycles. The third-order valence-electron chi connectivity index (χ3n) is 3.61. The van der Waals surface area contributed by atoms with Gasteiger partial charge in [0.05, 0.1) is 5.56 Å². The van der Waals surface area contributed by atoms with Crippen molar-refractivity contribution in [3.8, 4) is 0 Å². The Kier molecular flexibility index (Phi) is 6.63. The second-order valence-electron chi connectivity index (χ2n) is 5.72. The van der Waals surface area contributed by atoms with Gasteiger partial charge in [0.15, 0.2) is 7.37 Å². The zero-order valence-corrected chi connectivity index (χ0v) is 14.4. The molecule has 118 valence electrons. The highest BCUT2D eigenvalue weighted by Crippen LogP contribution is 2.41. The average molecular weight is 312 g/mol. The zero-order chi connectivity index (χ0) is 16.0. The number of ether oxygens (including phenoxy) is 1. The van der Waals surface area contributed by atoms with Gasteiger partial charge in [0.1, 0.15) is 6.10 Å². The molecule has 1 rings (SSSR count). The molecule has 5 heteroatoms. The molecule has 2 atom stereocenters. The molecule has 21 heavy (non-hydrogen) atoms. The second-order valence-corrected chi connectivity index (χ2v) is 8.56. The number of carbonyl (C=O) groups is 1. The van der Waals surface area contributed by atoms with Crippen LogP contribution < -0.4 is 0 Å². The Bertz CT molecular complexity index is 508. The summed E-state index contributed by atoms with van der Waals surface area (Å²) in [6.07, 6.45) is 1.06. The van der Waals surface area contributed by atoms with E-state index >= 15 is 0 Å². The van der Waals surface area contributed by atoms with Gasteiger partial charge in [-0.1, -0.05) is 26.0 Å². The quantitative estimate of drug-likeness (QED) is 0.564. The summed E-state index contributed by atoms with van der Waals surface area (Å²) < 4.78 is 22.2. The van der Waals surface area contributed by atoms with E-state index in [1.807, 2.05) is 32.9 Å². The van der Waals surface area contributed by atoms with E-state index in [4.69, 9.17) is 9.26 Å². The van der Waals surface area contributed by atoms with E-state index in [2.05, 4.69) is 0 Å². The minimum Gasteiger partial charge on any atom is -0.459 e. The van der Waals surface area contributed by atoms with E-state index in [-0.39, 0.29) is 12.1 Å². The summed E-state index contributed by atoms with van der Waals surface area (Å²) in [6.45, 7) is 7.55. The van der Waals surface area contributed by atoms with Gasteiger partial charge in [0.25, 0.3) is 0 Å². The van der Waals surface area contributed by atoms with Crippen molar-refractivity contribution < 1.29 is 18.6 Å². The molecule has 0 radical (unpaired) electrons. The number of aryl methyl sites for hydroxylation is 1. The van der Waals surface area contributed by atoms with Crippen LogP contribution >= 0.6 is 7.37 Å². The molecule has 0 bridgehead atoms. The van der Waals surface area contributed by atoms with Crippen LogP contribution in [0.4, 0.5) is 0 Å². The summed E-state index contributed by atoms with van der Waals surface area (Å²) in [5, 5.41) is 0. The Hall–Kier alpha value is -1.12. The van der Waals surface area contributed by atoms with Crippen molar-refractivity contribution in [2.24, 2.45) is 5.92 Å². The number of hydrogen-bond acceptors (Lipinski definition) is 4. The predicted octanol–water partition coefficient (Wildman–Crippen LogP) is 3.98. The van der Waals surface area contributed by atoms with E-state index < -0.39 is 7.37 Å². The first-order valence-electron chi connectivity index (χ1n) is 7.17. The van der Waals surface area contributed by atoms with Gasteiger partial charge in [-0.25, -0.2) is 4.79 Å². The first kappa shape index (κ1) is 17.9. The number of hydrogen-bond donors (Lipinski definition) is 0. The lowest BCUT2D eigenvalue weighted by atomic mass is 10.1. The highest BCUT2D eigenvalue weighted by Gasteiger charge is 2.16. The minimum absolute atomic E-state index is 0.107. The molecular weight excluding hydrogens is 287 g/mol. The van der Waals surface area contributed by atoms with Crippen LogP contribution in [0.3, 0.4) is 0 Å². The minimum atomic E-state index is -2.49. The molecule has 0 aromatic heterocycles. The van der Waals surface area contributed by atoms with Crippen molar-refractivity contribution in [1.29, 1.82) is 0 Å². The molecule has 0 saturated heterocycles. The standard InChI is InChI=1S/C16H25O4P/c1-12(2)13(3)20-16(17)15-8-6-14(7-9-15)10-11-21(5,18)19-4/h6-9,12-13H,10-11H2,1-5H3. The highest BCUT2D eigenvalue weighted by molar-refractivity contribution is 7.58. The van der Waals surface area contributed by atoms with Crippen LogP contribution in [0.1, 0.15) is 36.7 Å². The lowest BCUT2D eigenvalue weighted by molar-refractivity contribution is 0.0238. The predicted molar refractivity (Wildman–Crippen MR) is 85.3 cm³/mol. The molecular formula is C16H25O4P. The van der Waals surface area contributed by atoms with Crippen molar-refractivity contribution in [2.75, 3.05) is 19.9 Å². The number of rotatable bonds is 7. The van der Waals surface area contributed by atoms with Gasteiger partial charge in [-0.2, -0.15) is 0 Å². The van der Waals surface area contributed by atoms with Crippen LogP contribution in [0.2, 0.25) is 0 Å². The topological polar surface area (TPSA) is 52.6 Å². The van der Waals surface area contributed by atoms with Crippen molar-refractivity contribution in [2.45, 2.75) is 33.3 Å². The fraction of sp³-hybridized carbons (Fsp3) is 0.562. The molecule has 0 aliphatic heterocycles. The monoisotopic (exact) mass is 312 g/mol. The maximum atomic E-state index is 11.9. The highest BCUT2D eigenvalue weighted by atomic mass is 31.2. The van der Waals surface area contributed by atoms with Gasteiger partial charge in [0, 0.05) is 19.9 Å². The van der Waals surface area contributed by atoms with Crippen LogP contribution in [0.15, 0.2) is 24.3 Å². The van der Waals surface area contributed by atoms with Gasteiger partial charge in [-0.15, -0.1) is 0 Å². The van der Waals surface area contributed by atoms with Crippen LogP contribution in [-0.2, 0) is 20.2 Å². The van der Waals surface area contributed by atoms with Crippen LogP contribution in [-0.4, -0.2) is 32.0 Å². The van der Waals surface area contributed by atoms with Crippen LogP contribution in [0, 0.1) is 5.92 Å². The van der Waals surface area contributed by atoms with Gasteiger partial charge in [0.2, 0.25) is 0 Å². The zero-order valence-electron chi connectivity index (χ0n) is 13.5. The van der Waals surface area contributed by atoms with Crippen molar-refractivity contribution in [3.63, 3.8) is 0 Å². The Morgan fingerprint density at radius 2 is 1.76 bits per heavy atom. The summed E-state index contributed by atoms with van der Waals surface area (Å²) in [4.78, 5) is 11.9. The molecule has 0 saturated carbocycles. The molecule has 0 fully saturated rings. The summed E-state index contributed by atoms with van der Waals surface area (Å²) in [5.74, 6) is -0.0122. The van der Waals surface area contributed by atoms with E-state index in [1.165, 1.54) is 7.11 Å². The first-order valence-corrected chi connectivity index (χ1v) is 9.43. The van der Waals surface area contributed by atoms with Crippen molar-refractivity contribution >= 4 is 13.3 Å². The molecule has 0 amide bonds. The van der Waals surface area contributed by atoms with E-state index in [0.29, 0.717) is 24.1 Å². The summed E-state index contributed by atoms with van der Waals surface area (Å²) in [6, 6.07) is 7.23. The largest absolute Gasteiger partial charge is 0.459 e. The molecule has 2 unspecified atom stereocenters. The van der Waals surface area contributed by atoms with Gasteiger partial charge in [-0.05, 0) is 37.0 Å². The Labute approximate surface area is 127 Å². The Balaban J connectivity index is 2.61. The number of esters is 1. The molecule has 1 aromatic rings. The molecule has 0 aliphatic carbocycles. The molecule has 0 N–H and O–H groups in total. The van der Waals surface area contributed by atoms with Crippen LogP contribution in [0.5, 0.6) is 0 Å².